The monoisotopic (exact) mass is 295 g/mol. The van der Waals surface area contributed by atoms with E-state index < -0.39 is 0 Å². The van der Waals surface area contributed by atoms with Crippen molar-refractivity contribution in [1.82, 2.24) is 9.97 Å². The van der Waals surface area contributed by atoms with Gasteiger partial charge in [0, 0.05) is 17.1 Å². The molecule has 5 nitrogen and oxygen atoms in total. The Kier molecular flexibility index (Phi) is 4.05. The molecule has 3 aromatic rings. The van der Waals surface area contributed by atoms with E-state index in [4.69, 9.17) is 9.47 Å². The van der Waals surface area contributed by atoms with Crippen molar-refractivity contribution in [3.63, 3.8) is 0 Å². The van der Waals surface area contributed by atoms with Gasteiger partial charge in [0.15, 0.2) is 0 Å². The molecule has 0 bridgehead atoms. The van der Waals surface area contributed by atoms with Crippen LogP contribution in [0, 0.1) is 0 Å². The Hall–Kier alpha value is -2.82. The first kappa shape index (κ1) is 14.1. The summed E-state index contributed by atoms with van der Waals surface area (Å²) in [5.41, 5.74) is 1.78. The highest BCUT2D eigenvalue weighted by Crippen LogP contribution is 2.26. The molecular weight excluding hydrogens is 278 g/mol. The maximum Gasteiger partial charge on any atom is 0.141 e. The highest BCUT2D eigenvalue weighted by Gasteiger charge is 2.05. The van der Waals surface area contributed by atoms with Gasteiger partial charge in [-0.15, -0.1) is 0 Å². The van der Waals surface area contributed by atoms with Crippen LogP contribution >= 0.6 is 0 Å². The van der Waals surface area contributed by atoms with Gasteiger partial charge in [-0.05, 0) is 43.3 Å². The summed E-state index contributed by atoms with van der Waals surface area (Å²) in [6, 6.07) is 13.5. The molecule has 1 heterocycles. The van der Waals surface area contributed by atoms with Crippen molar-refractivity contribution in [3.05, 3.63) is 48.8 Å². The van der Waals surface area contributed by atoms with E-state index in [1.54, 1.807) is 13.4 Å². The number of hydrogen-bond donors (Lipinski definition) is 1. The van der Waals surface area contributed by atoms with Gasteiger partial charge in [-0.3, -0.25) is 0 Å². The van der Waals surface area contributed by atoms with Crippen LogP contribution in [0.2, 0.25) is 0 Å². The first-order valence-electron chi connectivity index (χ1n) is 7.09. The van der Waals surface area contributed by atoms with Crippen molar-refractivity contribution in [2.24, 2.45) is 0 Å². The lowest BCUT2D eigenvalue weighted by Gasteiger charge is -2.10. The average molecular weight is 295 g/mol. The summed E-state index contributed by atoms with van der Waals surface area (Å²) in [4.78, 5) is 8.60. The van der Waals surface area contributed by atoms with E-state index in [0.717, 1.165) is 33.9 Å². The molecule has 0 unspecified atom stereocenters. The number of anilines is 2. The van der Waals surface area contributed by atoms with Crippen molar-refractivity contribution < 1.29 is 9.47 Å². The Morgan fingerprint density at radius 2 is 1.77 bits per heavy atom. The van der Waals surface area contributed by atoms with Gasteiger partial charge in [-0.1, -0.05) is 0 Å². The lowest BCUT2D eigenvalue weighted by atomic mass is 10.2. The molecule has 0 spiro atoms. The Balaban J connectivity index is 1.90. The Labute approximate surface area is 128 Å². The zero-order valence-corrected chi connectivity index (χ0v) is 12.5. The lowest BCUT2D eigenvalue weighted by molar-refractivity contribution is 0.340. The fourth-order valence-corrected chi connectivity index (χ4v) is 2.20. The van der Waals surface area contributed by atoms with E-state index in [0.29, 0.717) is 6.61 Å². The van der Waals surface area contributed by atoms with Crippen LogP contribution in [0.5, 0.6) is 11.5 Å². The molecule has 0 atom stereocenters. The quantitative estimate of drug-likeness (QED) is 0.776. The summed E-state index contributed by atoms with van der Waals surface area (Å²) < 4.78 is 10.7. The summed E-state index contributed by atoms with van der Waals surface area (Å²) >= 11 is 0. The van der Waals surface area contributed by atoms with Gasteiger partial charge in [-0.2, -0.15) is 0 Å². The Bertz CT molecular complexity index is 772. The van der Waals surface area contributed by atoms with E-state index in [1.807, 2.05) is 49.4 Å². The van der Waals surface area contributed by atoms with Gasteiger partial charge < -0.3 is 14.8 Å². The first-order valence-corrected chi connectivity index (χ1v) is 7.09. The fourth-order valence-electron chi connectivity index (χ4n) is 2.20. The molecule has 1 N–H and O–H groups in total. The van der Waals surface area contributed by atoms with Crippen molar-refractivity contribution in [3.8, 4) is 11.5 Å². The number of ether oxygens (including phenoxy) is 2. The molecule has 112 valence electrons. The lowest BCUT2D eigenvalue weighted by Crippen LogP contribution is -1.97. The highest BCUT2D eigenvalue weighted by molar-refractivity contribution is 5.91. The highest BCUT2D eigenvalue weighted by atomic mass is 16.5. The molecule has 22 heavy (non-hydrogen) atoms. The van der Waals surface area contributed by atoms with Gasteiger partial charge >= 0.3 is 0 Å². The van der Waals surface area contributed by atoms with Gasteiger partial charge in [0.05, 0.1) is 19.2 Å². The molecule has 0 aliphatic heterocycles. The van der Waals surface area contributed by atoms with Gasteiger partial charge in [0.2, 0.25) is 0 Å². The normalized spacial score (nSPS) is 10.5. The molecule has 0 radical (unpaired) electrons. The average Bonchev–Trinajstić information content (AvgIpc) is 2.56. The number of fused-ring (bicyclic) bond motifs is 1. The third kappa shape index (κ3) is 2.93. The maximum absolute atomic E-state index is 5.44. The molecule has 0 saturated carbocycles. The van der Waals surface area contributed by atoms with Crippen molar-refractivity contribution in [2.75, 3.05) is 19.0 Å². The zero-order valence-electron chi connectivity index (χ0n) is 12.5. The van der Waals surface area contributed by atoms with E-state index in [2.05, 4.69) is 15.3 Å². The van der Waals surface area contributed by atoms with Crippen LogP contribution in [0.25, 0.3) is 10.9 Å². The minimum Gasteiger partial charge on any atom is -0.497 e. The SMILES string of the molecule is CCOc1ccc(Nc2ncnc3cc(OC)ccc23)cc1. The first-order chi connectivity index (χ1) is 10.8. The predicted octanol–water partition coefficient (Wildman–Crippen LogP) is 3.78. The van der Waals surface area contributed by atoms with Crippen LogP contribution < -0.4 is 14.8 Å². The van der Waals surface area contributed by atoms with E-state index in [9.17, 15) is 0 Å². The summed E-state index contributed by atoms with van der Waals surface area (Å²) in [6.07, 6.45) is 1.54. The minimum absolute atomic E-state index is 0.658. The van der Waals surface area contributed by atoms with Crippen LogP contribution in [-0.2, 0) is 0 Å². The van der Waals surface area contributed by atoms with E-state index in [1.165, 1.54) is 0 Å². The molecular formula is C17H17N3O2. The molecule has 0 aliphatic rings. The second-order valence-corrected chi connectivity index (χ2v) is 4.69. The number of benzene rings is 2. The minimum atomic E-state index is 0.658. The molecule has 2 aromatic carbocycles. The molecule has 3 rings (SSSR count). The largest absolute Gasteiger partial charge is 0.497 e. The molecule has 0 saturated heterocycles. The van der Waals surface area contributed by atoms with Crippen molar-refractivity contribution in [1.29, 1.82) is 0 Å². The molecule has 0 fully saturated rings. The molecule has 0 amide bonds. The summed E-state index contributed by atoms with van der Waals surface area (Å²) in [5.74, 6) is 2.39. The maximum atomic E-state index is 5.44. The number of hydrogen-bond acceptors (Lipinski definition) is 5. The second-order valence-electron chi connectivity index (χ2n) is 4.69. The summed E-state index contributed by atoms with van der Waals surface area (Å²) in [5, 5.41) is 4.25. The summed E-state index contributed by atoms with van der Waals surface area (Å²) in [6.45, 7) is 2.62. The number of methoxy groups -OCH3 is 1. The molecule has 5 heteroatoms. The van der Waals surface area contributed by atoms with Crippen LogP contribution in [0.4, 0.5) is 11.5 Å². The second kappa shape index (κ2) is 6.30. The number of aromatic nitrogens is 2. The van der Waals surface area contributed by atoms with Gasteiger partial charge in [0.25, 0.3) is 0 Å². The third-order valence-electron chi connectivity index (χ3n) is 3.27. The van der Waals surface area contributed by atoms with Crippen molar-refractivity contribution >= 4 is 22.4 Å². The smallest absolute Gasteiger partial charge is 0.141 e. The standard InChI is InChI=1S/C17H17N3O2/c1-3-22-13-6-4-12(5-7-13)20-17-15-9-8-14(21-2)10-16(15)18-11-19-17/h4-11H,3H2,1-2H3,(H,18,19,20). The molecule has 0 aliphatic carbocycles. The predicted molar refractivity (Wildman–Crippen MR) is 87.0 cm³/mol. The van der Waals surface area contributed by atoms with Crippen LogP contribution in [-0.4, -0.2) is 23.7 Å². The Morgan fingerprint density at radius 1 is 1.00 bits per heavy atom. The number of rotatable bonds is 5. The van der Waals surface area contributed by atoms with Gasteiger partial charge in [-0.25, -0.2) is 9.97 Å². The van der Waals surface area contributed by atoms with Crippen LogP contribution in [0.15, 0.2) is 48.8 Å². The van der Waals surface area contributed by atoms with Crippen molar-refractivity contribution in [2.45, 2.75) is 6.92 Å². The Morgan fingerprint density at radius 3 is 2.50 bits per heavy atom. The van der Waals surface area contributed by atoms with Crippen LogP contribution in [0.3, 0.4) is 0 Å². The van der Waals surface area contributed by atoms with Gasteiger partial charge in [0.1, 0.15) is 23.6 Å². The topological polar surface area (TPSA) is 56.3 Å². The number of nitrogens with one attached hydrogen (secondary N) is 1. The third-order valence-corrected chi connectivity index (χ3v) is 3.27. The van der Waals surface area contributed by atoms with E-state index >= 15 is 0 Å². The fraction of sp³-hybridized carbons (Fsp3) is 0.176. The van der Waals surface area contributed by atoms with E-state index in [-0.39, 0.29) is 0 Å². The zero-order chi connectivity index (χ0) is 15.4. The molecule has 1 aromatic heterocycles. The van der Waals surface area contributed by atoms with Crippen LogP contribution in [0.1, 0.15) is 6.92 Å². The number of nitrogens with zero attached hydrogens (tertiary/aromatic N) is 2. The summed E-state index contributed by atoms with van der Waals surface area (Å²) in [7, 11) is 1.64.